The van der Waals surface area contributed by atoms with Crippen LogP contribution < -0.4 is 0 Å². The molecule has 0 aliphatic rings. The lowest BCUT2D eigenvalue weighted by Crippen LogP contribution is -2.05. The fourth-order valence-corrected chi connectivity index (χ4v) is 4.40. The van der Waals surface area contributed by atoms with Gasteiger partial charge in [0, 0.05) is 6.42 Å². The molecule has 0 radical (unpaired) electrons. The van der Waals surface area contributed by atoms with Gasteiger partial charge in [-0.15, -0.1) is 0 Å². The first-order valence-corrected chi connectivity index (χ1v) is 14.1. The van der Waals surface area contributed by atoms with Crippen LogP contribution in [0.5, 0.6) is 5.75 Å². The van der Waals surface area contributed by atoms with E-state index in [1.54, 1.807) is 0 Å². The van der Waals surface area contributed by atoms with Gasteiger partial charge in [0.15, 0.2) is 0 Å². The molecule has 33 heavy (non-hydrogen) atoms. The van der Waals surface area contributed by atoms with Crippen LogP contribution in [0.2, 0.25) is 0 Å². The molecule has 0 spiro atoms. The lowest BCUT2D eigenvalue weighted by Gasteiger charge is -2.14. The number of ether oxygens (including phenoxy) is 1. The van der Waals surface area contributed by atoms with Gasteiger partial charge in [0.25, 0.3) is 0 Å². The number of hydrogen-bond acceptors (Lipinski definition) is 3. The summed E-state index contributed by atoms with van der Waals surface area (Å²) in [6.45, 7) is 7.24. The zero-order valence-corrected chi connectivity index (χ0v) is 22.1. The van der Waals surface area contributed by atoms with E-state index in [1.807, 2.05) is 0 Å². The van der Waals surface area contributed by atoms with Gasteiger partial charge in [-0.1, -0.05) is 97.1 Å². The largest absolute Gasteiger partial charge is 0.507 e. The van der Waals surface area contributed by atoms with Crippen LogP contribution in [0.4, 0.5) is 0 Å². The molecule has 1 aromatic rings. The first kappa shape index (κ1) is 29.5. The van der Waals surface area contributed by atoms with E-state index in [2.05, 4.69) is 32.9 Å². The van der Waals surface area contributed by atoms with Crippen LogP contribution in [0.15, 0.2) is 12.1 Å². The van der Waals surface area contributed by atoms with E-state index < -0.39 is 0 Å². The summed E-state index contributed by atoms with van der Waals surface area (Å²) in [5.74, 6) is 0.508. The van der Waals surface area contributed by atoms with Gasteiger partial charge in [0.1, 0.15) is 5.75 Å². The number of unbranched alkanes of at least 4 members (excludes halogenated alkanes) is 11. The Morgan fingerprint density at radius 3 is 1.70 bits per heavy atom. The second kappa shape index (κ2) is 19.9. The Morgan fingerprint density at radius 1 is 0.667 bits per heavy atom. The smallest absolute Gasteiger partial charge is 0.305 e. The average molecular weight is 461 g/mol. The van der Waals surface area contributed by atoms with Crippen molar-refractivity contribution in [3.63, 3.8) is 0 Å². The number of hydrogen-bond donors (Lipinski definition) is 1. The Morgan fingerprint density at radius 2 is 1.15 bits per heavy atom. The normalized spacial score (nSPS) is 11.1. The Kier molecular flexibility index (Phi) is 17.8. The summed E-state index contributed by atoms with van der Waals surface area (Å²) in [5.41, 5.74) is 3.63. The molecule has 1 aromatic carbocycles. The zero-order valence-electron chi connectivity index (χ0n) is 22.1. The molecule has 0 saturated heterocycles. The molecule has 1 rings (SSSR count). The molecule has 0 fully saturated rings. The molecule has 0 aliphatic heterocycles. The second-order valence-electron chi connectivity index (χ2n) is 9.73. The van der Waals surface area contributed by atoms with Crippen LogP contribution in [0.3, 0.4) is 0 Å². The van der Waals surface area contributed by atoms with Gasteiger partial charge in [-0.2, -0.15) is 0 Å². The highest BCUT2D eigenvalue weighted by atomic mass is 16.5. The summed E-state index contributed by atoms with van der Waals surface area (Å²) in [7, 11) is 0. The van der Waals surface area contributed by atoms with Crippen molar-refractivity contribution >= 4 is 5.97 Å². The highest BCUT2D eigenvalue weighted by Gasteiger charge is 2.11. The van der Waals surface area contributed by atoms with Gasteiger partial charge in [-0.05, 0) is 68.1 Å². The number of phenolic OH excluding ortho intramolecular Hbond substituents is 1. The van der Waals surface area contributed by atoms with E-state index in [9.17, 15) is 9.90 Å². The summed E-state index contributed by atoms with van der Waals surface area (Å²) in [4.78, 5) is 11.9. The molecule has 1 N–H and O–H groups in total. The summed E-state index contributed by atoms with van der Waals surface area (Å²) in [6, 6.07) is 4.47. The highest BCUT2D eigenvalue weighted by molar-refractivity contribution is 5.69. The first-order valence-electron chi connectivity index (χ1n) is 14.1. The molecule has 3 heteroatoms. The highest BCUT2D eigenvalue weighted by Crippen LogP contribution is 2.29. The number of esters is 1. The Hall–Kier alpha value is -1.51. The number of phenols is 1. The number of rotatable bonds is 21. The van der Waals surface area contributed by atoms with Crippen LogP contribution >= 0.6 is 0 Å². The summed E-state index contributed by atoms with van der Waals surface area (Å²) in [5, 5.41) is 10.9. The third kappa shape index (κ3) is 14.4. The molecular weight excluding hydrogens is 408 g/mol. The zero-order chi connectivity index (χ0) is 24.2. The maximum Gasteiger partial charge on any atom is 0.305 e. The van der Waals surface area contributed by atoms with Crippen molar-refractivity contribution in [1.29, 1.82) is 0 Å². The molecular formula is C30H52O3. The van der Waals surface area contributed by atoms with Crippen LogP contribution in [-0.4, -0.2) is 17.7 Å². The minimum atomic E-state index is -0.0418. The Labute approximate surface area is 204 Å². The van der Waals surface area contributed by atoms with E-state index in [0.29, 0.717) is 18.8 Å². The number of aryl methyl sites for hydroxylation is 3. The summed E-state index contributed by atoms with van der Waals surface area (Å²) in [6.07, 6.45) is 20.9. The summed E-state index contributed by atoms with van der Waals surface area (Å²) < 4.78 is 5.34. The number of benzene rings is 1. The SMILES string of the molecule is CCCCCCOC(=O)CCCCCc1cc(CCCCCC)c(O)c(CCCCCC)c1. The summed E-state index contributed by atoms with van der Waals surface area (Å²) >= 11 is 0. The quantitative estimate of drug-likeness (QED) is 0.147. The number of carbonyl (C=O) groups is 1. The minimum Gasteiger partial charge on any atom is -0.507 e. The van der Waals surface area contributed by atoms with Crippen molar-refractivity contribution < 1.29 is 14.6 Å². The molecule has 3 nitrogen and oxygen atoms in total. The van der Waals surface area contributed by atoms with Crippen molar-refractivity contribution in [2.45, 2.75) is 143 Å². The number of carbonyl (C=O) groups excluding carboxylic acids is 1. The first-order chi connectivity index (χ1) is 16.1. The molecule has 0 bridgehead atoms. The van der Waals surface area contributed by atoms with Gasteiger partial charge in [-0.3, -0.25) is 4.79 Å². The van der Waals surface area contributed by atoms with Gasteiger partial charge in [-0.25, -0.2) is 0 Å². The molecule has 190 valence electrons. The average Bonchev–Trinajstić information content (AvgIpc) is 2.81. The predicted octanol–water partition coefficient (Wildman–Crippen LogP) is 8.86. The molecule has 0 unspecified atom stereocenters. The van der Waals surface area contributed by atoms with Gasteiger partial charge in [0.05, 0.1) is 6.61 Å². The van der Waals surface area contributed by atoms with E-state index >= 15 is 0 Å². The molecule has 0 atom stereocenters. The second-order valence-corrected chi connectivity index (χ2v) is 9.73. The van der Waals surface area contributed by atoms with Crippen molar-refractivity contribution in [2.75, 3.05) is 6.61 Å². The lowest BCUT2D eigenvalue weighted by atomic mass is 9.94. The third-order valence-electron chi connectivity index (χ3n) is 6.53. The maximum atomic E-state index is 11.9. The van der Waals surface area contributed by atoms with Gasteiger partial charge in [0.2, 0.25) is 0 Å². The standard InChI is InChI=1S/C30H52O3/c1-4-7-10-15-20-27-24-26(25-28(30(27)32)21-16-11-8-5-2)19-14-13-17-22-29(31)33-23-18-12-9-6-3/h24-25,32H,4-23H2,1-3H3. The molecule has 0 saturated carbocycles. The molecule has 0 aliphatic carbocycles. The number of aromatic hydroxyl groups is 1. The van der Waals surface area contributed by atoms with Crippen molar-refractivity contribution in [3.8, 4) is 5.75 Å². The minimum absolute atomic E-state index is 0.0418. The van der Waals surface area contributed by atoms with Crippen molar-refractivity contribution in [1.82, 2.24) is 0 Å². The predicted molar refractivity (Wildman–Crippen MR) is 141 cm³/mol. The maximum absolute atomic E-state index is 11.9. The van der Waals surface area contributed by atoms with Crippen LogP contribution in [0, 0.1) is 0 Å². The fourth-order valence-electron chi connectivity index (χ4n) is 4.40. The van der Waals surface area contributed by atoms with Crippen LogP contribution in [-0.2, 0) is 28.8 Å². The van der Waals surface area contributed by atoms with Crippen LogP contribution in [0.1, 0.15) is 140 Å². The molecule has 0 aromatic heterocycles. The van der Waals surface area contributed by atoms with E-state index in [0.717, 1.165) is 75.3 Å². The Balaban J connectivity index is 2.48. The van der Waals surface area contributed by atoms with Crippen molar-refractivity contribution in [2.24, 2.45) is 0 Å². The fraction of sp³-hybridized carbons (Fsp3) is 0.767. The molecule has 0 amide bonds. The van der Waals surface area contributed by atoms with Crippen LogP contribution in [0.25, 0.3) is 0 Å². The lowest BCUT2D eigenvalue weighted by molar-refractivity contribution is -0.143. The third-order valence-corrected chi connectivity index (χ3v) is 6.53. The van der Waals surface area contributed by atoms with E-state index in [4.69, 9.17) is 4.74 Å². The van der Waals surface area contributed by atoms with E-state index in [1.165, 1.54) is 56.9 Å². The molecule has 0 heterocycles. The van der Waals surface area contributed by atoms with Gasteiger partial charge < -0.3 is 9.84 Å². The van der Waals surface area contributed by atoms with E-state index in [-0.39, 0.29) is 5.97 Å². The van der Waals surface area contributed by atoms with Gasteiger partial charge >= 0.3 is 5.97 Å². The van der Waals surface area contributed by atoms with Crippen molar-refractivity contribution in [3.05, 3.63) is 28.8 Å². The Bertz CT molecular complexity index is 590. The topological polar surface area (TPSA) is 46.5 Å². The monoisotopic (exact) mass is 460 g/mol.